The first-order valence-corrected chi connectivity index (χ1v) is 3.88. The molecule has 1 N–H and O–H groups in total. The lowest BCUT2D eigenvalue weighted by molar-refractivity contribution is 0.863. The summed E-state index contributed by atoms with van der Waals surface area (Å²) in [5, 5.41) is 3.21. The Bertz CT molecular complexity index is 187. The van der Waals surface area contributed by atoms with Crippen LogP contribution in [0, 0.1) is 0 Å². The zero-order chi connectivity index (χ0) is 8.85. The fourth-order valence-corrected chi connectivity index (χ4v) is 0.803. The smallest absolute Gasteiger partial charge is 0.0366 e. The topological polar surface area (TPSA) is 12.0 Å². The molecule has 1 nitrogen and oxygen atoms in total. The van der Waals surface area contributed by atoms with Gasteiger partial charge in [-0.25, -0.2) is 0 Å². The second-order valence-corrected chi connectivity index (χ2v) is 2.49. The molecule has 0 saturated carbocycles. The normalized spacial score (nSPS) is 11.0. The van der Waals surface area contributed by atoms with E-state index in [0.29, 0.717) is 0 Å². The Labute approximate surface area is 69.5 Å². The Morgan fingerprint density at radius 2 is 2.00 bits per heavy atom. The summed E-state index contributed by atoms with van der Waals surface area (Å²) >= 11 is 0. The molecule has 0 atom stereocenters. The fraction of sp³-hybridized carbons (Fsp3) is 0.400. The first-order chi connectivity index (χ1) is 5.13. The minimum absolute atomic E-state index is 0.923. The van der Waals surface area contributed by atoms with E-state index in [2.05, 4.69) is 25.4 Å². The van der Waals surface area contributed by atoms with Crippen molar-refractivity contribution in [1.82, 2.24) is 5.32 Å². The van der Waals surface area contributed by atoms with E-state index in [1.54, 1.807) is 0 Å². The SMILES string of the molecule is C=C(C)C(=C)C(=CC)NCC. The van der Waals surface area contributed by atoms with E-state index >= 15 is 0 Å². The van der Waals surface area contributed by atoms with Gasteiger partial charge in [-0.1, -0.05) is 19.2 Å². The highest BCUT2D eigenvalue weighted by molar-refractivity contribution is 5.40. The molecule has 0 radical (unpaired) electrons. The van der Waals surface area contributed by atoms with Gasteiger partial charge in [-0.05, 0) is 31.9 Å². The monoisotopic (exact) mass is 151 g/mol. The molecule has 0 aromatic rings. The summed E-state index contributed by atoms with van der Waals surface area (Å²) in [6.45, 7) is 14.7. The second-order valence-electron chi connectivity index (χ2n) is 2.49. The summed E-state index contributed by atoms with van der Waals surface area (Å²) in [5.41, 5.74) is 3.09. The zero-order valence-electron chi connectivity index (χ0n) is 7.70. The molecule has 0 aromatic carbocycles. The Kier molecular flexibility index (Phi) is 4.35. The third-order valence-electron chi connectivity index (χ3n) is 1.50. The van der Waals surface area contributed by atoms with Crippen molar-refractivity contribution in [3.05, 3.63) is 36.1 Å². The van der Waals surface area contributed by atoms with Gasteiger partial charge in [0.05, 0.1) is 0 Å². The highest BCUT2D eigenvalue weighted by Gasteiger charge is 1.99. The highest BCUT2D eigenvalue weighted by atomic mass is 14.9. The molecule has 0 bridgehead atoms. The van der Waals surface area contributed by atoms with Crippen LogP contribution < -0.4 is 5.32 Å². The summed E-state index contributed by atoms with van der Waals surface area (Å²) < 4.78 is 0. The molecule has 0 aliphatic carbocycles. The van der Waals surface area contributed by atoms with Crippen molar-refractivity contribution >= 4 is 0 Å². The van der Waals surface area contributed by atoms with Gasteiger partial charge in [0.25, 0.3) is 0 Å². The maximum atomic E-state index is 3.91. The van der Waals surface area contributed by atoms with E-state index in [-0.39, 0.29) is 0 Å². The number of rotatable bonds is 4. The lowest BCUT2D eigenvalue weighted by atomic mass is 10.1. The van der Waals surface area contributed by atoms with E-state index in [0.717, 1.165) is 23.4 Å². The molecule has 0 rings (SSSR count). The lowest BCUT2D eigenvalue weighted by Crippen LogP contribution is -2.13. The van der Waals surface area contributed by atoms with Crippen molar-refractivity contribution in [1.29, 1.82) is 0 Å². The molecule has 0 unspecified atom stereocenters. The van der Waals surface area contributed by atoms with Gasteiger partial charge in [0, 0.05) is 12.2 Å². The maximum Gasteiger partial charge on any atom is 0.0366 e. The van der Waals surface area contributed by atoms with Crippen molar-refractivity contribution in [2.75, 3.05) is 6.54 Å². The number of nitrogens with one attached hydrogen (secondary N) is 1. The van der Waals surface area contributed by atoms with E-state index in [1.807, 2.05) is 19.9 Å². The first-order valence-electron chi connectivity index (χ1n) is 3.88. The Morgan fingerprint density at radius 3 is 2.27 bits per heavy atom. The highest BCUT2D eigenvalue weighted by Crippen LogP contribution is 2.11. The van der Waals surface area contributed by atoms with Crippen LogP contribution in [0.5, 0.6) is 0 Å². The molecule has 0 aromatic heterocycles. The number of hydrogen-bond donors (Lipinski definition) is 1. The van der Waals surface area contributed by atoms with Gasteiger partial charge in [-0.15, -0.1) is 0 Å². The molecule has 11 heavy (non-hydrogen) atoms. The Balaban J connectivity index is 4.28. The standard InChI is InChI=1S/C10H17N/c1-6-10(11-7-2)9(5)8(3)4/h6,11H,3,5,7H2,1-2,4H3. The van der Waals surface area contributed by atoms with Crippen LogP contribution in [0.4, 0.5) is 0 Å². The molecule has 62 valence electrons. The minimum atomic E-state index is 0.923. The average Bonchev–Trinajstić information content (AvgIpc) is 1.98. The van der Waals surface area contributed by atoms with E-state index in [4.69, 9.17) is 0 Å². The molecular formula is C10H17N. The minimum Gasteiger partial charge on any atom is -0.385 e. The molecular weight excluding hydrogens is 134 g/mol. The van der Waals surface area contributed by atoms with Gasteiger partial charge in [-0.2, -0.15) is 0 Å². The quantitative estimate of drug-likeness (QED) is 0.609. The van der Waals surface area contributed by atoms with Crippen molar-refractivity contribution in [2.45, 2.75) is 20.8 Å². The van der Waals surface area contributed by atoms with Gasteiger partial charge in [-0.3, -0.25) is 0 Å². The van der Waals surface area contributed by atoms with E-state index in [9.17, 15) is 0 Å². The second kappa shape index (κ2) is 4.78. The number of hydrogen-bond acceptors (Lipinski definition) is 1. The third-order valence-corrected chi connectivity index (χ3v) is 1.50. The Hall–Kier alpha value is -0.980. The van der Waals surface area contributed by atoms with Crippen molar-refractivity contribution in [3.8, 4) is 0 Å². The van der Waals surface area contributed by atoms with Crippen LogP contribution in [0.2, 0.25) is 0 Å². The van der Waals surface area contributed by atoms with Crippen LogP contribution >= 0.6 is 0 Å². The van der Waals surface area contributed by atoms with Crippen LogP contribution in [0.15, 0.2) is 36.1 Å². The predicted octanol–water partition coefficient (Wildman–Crippen LogP) is 2.63. The molecule has 0 heterocycles. The molecule has 0 spiro atoms. The summed E-state index contributed by atoms with van der Waals surface area (Å²) in [7, 11) is 0. The third kappa shape index (κ3) is 3.08. The molecule has 0 aliphatic rings. The van der Waals surface area contributed by atoms with Gasteiger partial charge in [0.2, 0.25) is 0 Å². The summed E-state index contributed by atoms with van der Waals surface area (Å²) in [6.07, 6.45) is 2.01. The van der Waals surface area contributed by atoms with Gasteiger partial charge in [0.1, 0.15) is 0 Å². The van der Waals surface area contributed by atoms with Gasteiger partial charge < -0.3 is 5.32 Å². The first kappa shape index (κ1) is 10.0. The molecule has 0 amide bonds. The summed E-state index contributed by atoms with van der Waals surface area (Å²) in [6, 6.07) is 0. The predicted molar refractivity (Wildman–Crippen MR) is 51.4 cm³/mol. The largest absolute Gasteiger partial charge is 0.385 e. The van der Waals surface area contributed by atoms with Crippen molar-refractivity contribution in [2.24, 2.45) is 0 Å². The lowest BCUT2D eigenvalue weighted by Gasteiger charge is -2.10. The molecule has 1 heteroatoms. The van der Waals surface area contributed by atoms with Gasteiger partial charge in [0.15, 0.2) is 0 Å². The maximum absolute atomic E-state index is 3.91. The zero-order valence-corrected chi connectivity index (χ0v) is 7.70. The summed E-state index contributed by atoms with van der Waals surface area (Å²) in [4.78, 5) is 0. The van der Waals surface area contributed by atoms with Gasteiger partial charge >= 0.3 is 0 Å². The number of likely N-dealkylation sites (N-methyl/N-ethyl adjacent to an activating group) is 1. The van der Waals surface area contributed by atoms with Crippen LogP contribution in [0.3, 0.4) is 0 Å². The van der Waals surface area contributed by atoms with Crippen LogP contribution in [0.25, 0.3) is 0 Å². The summed E-state index contributed by atoms with van der Waals surface area (Å²) in [5.74, 6) is 0. The van der Waals surface area contributed by atoms with Crippen molar-refractivity contribution in [3.63, 3.8) is 0 Å². The fourth-order valence-electron chi connectivity index (χ4n) is 0.803. The molecule has 0 aliphatic heterocycles. The van der Waals surface area contributed by atoms with E-state index in [1.165, 1.54) is 0 Å². The van der Waals surface area contributed by atoms with Crippen LogP contribution in [-0.2, 0) is 0 Å². The molecule has 0 saturated heterocycles. The molecule has 0 fully saturated rings. The van der Waals surface area contributed by atoms with Crippen LogP contribution in [-0.4, -0.2) is 6.54 Å². The Morgan fingerprint density at radius 1 is 1.45 bits per heavy atom. The average molecular weight is 151 g/mol. The van der Waals surface area contributed by atoms with Crippen molar-refractivity contribution < 1.29 is 0 Å². The number of allylic oxidation sites excluding steroid dienone is 2. The van der Waals surface area contributed by atoms with Crippen LogP contribution in [0.1, 0.15) is 20.8 Å². The van der Waals surface area contributed by atoms with E-state index < -0.39 is 0 Å².